The first-order valence-electron chi connectivity index (χ1n) is 5.97. The molecule has 1 aromatic rings. The molecule has 0 saturated heterocycles. The fourth-order valence-electron chi connectivity index (χ4n) is 1.69. The Hall–Kier alpha value is -1.59. The minimum Gasteiger partial charge on any atom is -0.497 e. The van der Waals surface area contributed by atoms with E-state index in [0.717, 1.165) is 24.3 Å². The zero-order valence-corrected chi connectivity index (χ0v) is 10.4. The van der Waals surface area contributed by atoms with Crippen LogP contribution < -0.4 is 15.4 Å². The highest BCUT2D eigenvalue weighted by Crippen LogP contribution is 2.34. The Morgan fingerprint density at radius 2 is 2.06 bits per heavy atom. The Morgan fingerprint density at radius 3 is 2.56 bits per heavy atom. The summed E-state index contributed by atoms with van der Waals surface area (Å²) in [7, 11) is 1.60. The smallest absolute Gasteiger partial charge is 0.238 e. The molecule has 1 aromatic carbocycles. The second-order valence-corrected chi connectivity index (χ2v) is 4.57. The van der Waals surface area contributed by atoms with Crippen molar-refractivity contribution in [2.45, 2.75) is 18.4 Å². The third-order valence-corrected chi connectivity index (χ3v) is 3.15. The number of hydrogen-bond donors (Lipinski definition) is 3. The highest BCUT2D eigenvalue weighted by atomic mass is 16.5. The van der Waals surface area contributed by atoms with Crippen molar-refractivity contribution in [3.8, 4) is 5.75 Å². The van der Waals surface area contributed by atoms with Gasteiger partial charge in [-0.2, -0.15) is 0 Å². The highest BCUT2D eigenvalue weighted by Gasteiger charge is 2.41. The van der Waals surface area contributed by atoms with Crippen molar-refractivity contribution in [3.63, 3.8) is 0 Å². The summed E-state index contributed by atoms with van der Waals surface area (Å²) in [6, 6.07) is 7.16. The minimum atomic E-state index is -0.211. The van der Waals surface area contributed by atoms with Crippen LogP contribution in [0.25, 0.3) is 0 Å². The molecule has 0 aromatic heterocycles. The van der Waals surface area contributed by atoms with Gasteiger partial charge in [0.05, 0.1) is 20.3 Å². The Balaban J connectivity index is 1.79. The van der Waals surface area contributed by atoms with E-state index in [1.807, 2.05) is 0 Å². The van der Waals surface area contributed by atoms with Crippen molar-refractivity contribution < 1.29 is 14.6 Å². The molecule has 0 unspecified atom stereocenters. The van der Waals surface area contributed by atoms with E-state index in [1.165, 1.54) is 0 Å². The van der Waals surface area contributed by atoms with Gasteiger partial charge in [-0.05, 0) is 37.1 Å². The number of hydrogen-bond acceptors (Lipinski definition) is 4. The molecule has 1 aliphatic rings. The number of rotatable bonds is 6. The van der Waals surface area contributed by atoms with Gasteiger partial charge in [0.15, 0.2) is 0 Å². The maximum atomic E-state index is 11.7. The number of anilines is 1. The van der Waals surface area contributed by atoms with E-state index in [2.05, 4.69) is 10.6 Å². The van der Waals surface area contributed by atoms with Gasteiger partial charge in [0.25, 0.3) is 0 Å². The predicted molar refractivity (Wildman–Crippen MR) is 68.7 cm³/mol. The summed E-state index contributed by atoms with van der Waals surface area (Å²) in [6.45, 7) is 0.301. The molecule has 2 rings (SSSR count). The molecule has 0 radical (unpaired) electrons. The molecule has 5 nitrogen and oxygen atoms in total. The molecule has 1 aliphatic carbocycles. The van der Waals surface area contributed by atoms with Gasteiger partial charge >= 0.3 is 0 Å². The minimum absolute atomic E-state index is 0.0861. The standard InChI is InChI=1S/C13H18N2O3/c1-18-11-4-2-10(3-5-11)15-12(17)8-14-13(9-16)6-7-13/h2-5,14,16H,6-9H2,1H3,(H,15,17). The van der Waals surface area contributed by atoms with Gasteiger partial charge in [-0.25, -0.2) is 0 Å². The van der Waals surface area contributed by atoms with Gasteiger partial charge in [-0.3, -0.25) is 4.79 Å². The molecule has 3 N–H and O–H groups in total. The lowest BCUT2D eigenvalue weighted by molar-refractivity contribution is -0.115. The number of methoxy groups -OCH3 is 1. The number of carbonyl (C=O) groups excluding carboxylic acids is 1. The summed E-state index contributed by atoms with van der Waals surface area (Å²) in [4.78, 5) is 11.7. The van der Waals surface area contributed by atoms with E-state index in [0.29, 0.717) is 0 Å². The third kappa shape index (κ3) is 3.21. The quantitative estimate of drug-likeness (QED) is 0.696. The predicted octanol–water partition coefficient (Wildman–Crippen LogP) is 0.748. The van der Waals surface area contributed by atoms with E-state index < -0.39 is 0 Å². The molecular weight excluding hydrogens is 232 g/mol. The SMILES string of the molecule is COc1ccc(NC(=O)CNC2(CO)CC2)cc1. The topological polar surface area (TPSA) is 70.6 Å². The zero-order valence-electron chi connectivity index (χ0n) is 10.4. The van der Waals surface area contributed by atoms with Crippen LogP contribution >= 0.6 is 0 Å². The van der Waals surface area contributed by atoms with E-state index in [-0.39, 0.29) is 24.6 Å². The largest absolute Gasteiger partial charge is 0.497 e. The van der Waals surface area contributed by atoms with Crippen molar-refractivity contribution in [1.82, 2.24) is 5.32 Å². The lowest BCUT2D eigenvalue weighted by Crippen LogP contribution is -2.40. The van der Waals surface area contributed by atoms with Crippen LogP contribution in [0.5, 0.6) is 5.75 Å². The molecule has 1 fully saturated rings. The number of benzene rings is 1. The van der Waals surface area contributed by atoms with Gasteiger partial charge < -0.3 is 20.5 Å². The summed E-state index contributed by atoms with van der Waals surface area (Å²) >= 11 is 0. The summed E-state index contributed by atoms with van der Waals surface area (Å²) in [5.74, 6) is 0.642. The van der Waals surface area contributed by atoms with Crippen molar-refractivity contribution in [1.29, 1.82) is 0 Å². The molecule has 1 saturated carbocycles. The van der Waals surface area contributed by atoms with Crippen molar-refractivity contribution >= 4 is 11.6 Å². The second kappa shape index (κ2) is 5.37. The average Bonchev–Trinajstić information content (AvgIpc) is 3.18. The number of ether oxygens (including phenoxy) is 1. The zero-order chi connectivity index (χ0) is 13.0. The first-order valence-corrected chi connectivity index (χ1v) is 5.97. The van der Waals surface area contributed by atoms with Crippen LogP contribution in [-0.2, 0) is 4.79 Å². The fraction of sp³-hybridized carbons (Fsp3) is 0.462. The Kier molecular flexibility index (Phi) is 3.84. The highest BCUT2D eigenvalue weighted by molar-refractivity contribution is 5.92. The van der Waals surface area contributed by atoms with Crippen LogP contribution in [0, 0.1) is 0 Å². The van der Waals surface area contributed by atoms with Crippen LogP contribution in [0.1, 0.15) is 12.8 Å². The number of aliphatic hydroxyl groups excluding tert-OH is 1. The lowest BCUT2D eigenvalue weighted by Gasteiger charge is -2.13. The maximum Gasteiger partial charge on any atom is 0.238 e. The molecule has 0 spiro atoms. The molecule has 1 amide bonds. The van der Waals surface area contributed by atoms with Crippen LogP contribution in [0.3, 0.4) is 0 Å². The maximum absolute atomic E-state index is 11.7. The monoisotopic (exact) mass is 250 g/mol. The van der Waals surface area contributed by atoms with Crippen LogP contribution in [0.15, 0.2) is 24.3 Å². The number of nitrogens with one attached hydrogen (secondary N) is 2. The number of aliphatic hydroxyl groups is 1. The summed E-state index contributed by atoms with van der Waals surface area (Å²) in [5, 5.41) is 15.0. The van der Waals surface area contributed by atoms with Crippen LogP contribution in [0.2, 0.25) is 0 Å². The average molecular weight is 250 g/mol. The van der Waals surface area contributed by atoms with E-state index in [9.17, 15) is 4.79 Å². The molecule has 5 heteroatoms. The first-order chi connectivity index (χ1) is 8.67. The van der Waals surface area contributed by atoms with Crippen molar-refractivity contribution in [2.75, 3.05) is 25.6 Å². The Bertz CT molecular complexity index is 413. The Morgan fingerprint density at radius 1 is 1.39 bits per heavy atom. The van der Waals surface area contributed by atoms with E-state index in [1.54, 1.807) is 31.4 Å². The molecular formula is C13H18N2O3. The second-order valence-electron chi connectivity index (χ2n) is 4.57. The first kappa shape index (κ1) is 12.9. The van der Waals surface area contributed by atoms with Gasteiger partial charge in [0.2, 0.25) is 5.91 Å². The van der Waals surface area contributed by atoms with E-state index in [4.69, 9.17) is 9.84 Å². The third-order valence-electron chi connectivity index (χ3n) is 3.15. The van der Waals surface area contributed by atoms with Gasteiger partial charge in [-0.1, -0.05) is 0 Å². The van der Waals surface area contributed by atoms with Gasteiger partial charge in [-0.15, -0.1) is 0 Å². The summed E-state index contributed by atoms with van der Waals surface area (Å²) < 4.78 is 5.04. The van der Waals surface area contributed by atoms with Crippen molar-refractivity contribution in [2.24, 2.45) is 0 Å². The number of amides is 1. The van der Waals surface area contributed by atoms with Gasteiger partial charge in [0, 0.05) is 11.2 Å². The molecule has 0 aliphatic heterocycles. The molecule has 0 bridgehead atoms. The molecule has 98 valence electrons. The molecule has 0 atom stereocenters. The fourth-order valence-corrected chi connectivity index (χ4v) is 1.69. The van der Waals surface area contributed by atoms with Crippen molar-refractivity contribution in [3.05, 3.63) is 24.3 Å². The lowest BCUT2D eigenvalue weighted by atomic mass is 10.3. The number of carbonyl (C=O) groups is 1. The Labute approximate surface area is 106 Å². The normalized spacial score (nSPS) is 16.1. The molecule has 18 heavy (non-hydrogen) atoms. The van der Waals surface area contributed by atoms with Crippen LogP contribution in [-0.4, -0.2) is 36.8 Å². The van der Waals surface area contributed by atoms with Gasteiger partial charge in [0.1, 0.15) is 5.75 Å². The molecule has 0 heterocycles. The van der Waals surface area contributed by atoms with Crippen LogP contribution in [0.4, 0.5) is 5.69 Å². The van der Waals surface area contributed by atoms with E-state index >= 15 is 0 Å². The summed E-state index contributed by atoms with van der Waals surface area (Å²) in [5.41, 5.74) is 0.522. The summed E-state index contributed by atoms with van der Waals surface area (Å²) in [6.07, 6.45) is 1.86.